The zero-order valence-corrected chi connectivity index (χ0v) is 16.8. The first-order valence-electron chi connectivity index (χ1n) is 9.34. The smallest absolute Gasteiger partial charge is 0.337 e. The summed E-state index contributed by atoms with van der Waals surface area (Å²) in [6.07, 6.45) is 0. The van der Waals surface area contributed by atoms with Crippen LogP contribution >= 0.6 is 0 Å². The summed E-state index contributed by atoms with van der Waals surface area (Å²) in [5, 5.41) is 12.5. The molecule has 150 valence electrons. The molecule has 7 heteroatoms. The molecule has 2 amide bonds. The van der Waals surface area contributed by atoms with Crippen LogP contribution in [-0.4, -0.2) is 51.2 Å². The monoisotopic (exact) mass is 392 g/mol. The standard InChI is InChI=1S/C22H24N4O3/c1-25(2)20-11-16(21(27)29-3)9-10-19(20)24-22(28)26-13-17(12-23)18(14-26)15-7-5-4-6-8-15/h4-11,17-18H,13-14H2,1-3H3,(H,24,28)/t17-,18+/m1/s1. The predicted molar refractivity (Wildman–Crippen MR) is 111 cm³/mol. The minimum atomic E-state index is -0.437. The highest BCUT2D eigenvalue weighted by Gasteiger charge is 2.36. The van der Waals surface area contributed by atoms with Gasteiger partial charge in [0.2, 0.25) is 0 Å². The van der Waals surface area contributed by atoms with Crippen molar-refractivity contribution in [1.29, 1.82) is 5.26 Å². The van der Waals surface area contributed by atoms with Gasteiger partial charge in [0.1, 0.15) is 0 Å². The first-order valence-corrected chi connectivity index (χ1v) is 9.34. The Labute approximate surface area is 170 Å². The van der Waals surface area contributed by atoms with E-state index in [-0.39, 0.29) is 17.9 Å². The highest BCUT2D eigenvalue weighted by atomic mass is 16.5. The lowest BCUT2D eigenvalue weighted by atomic mass is 9.90. The van der Waals surface area contributed by atoms with Crippen molar-refractivity contribution in [3.63, 3.8) is 0 Å². The molecule has 2 atom stereocenters. The number of rotatable bonds is 4. The number of likely N-dealkylation sites (tertiary alicyclic amines) is 1. The average molecular weight is 392 g/mol. The van der Waals surface area contributed by atoms with Crippen LogP contribution in [0, 0.1) is 17.2 Å². The Morgan fingerprint density at radius 1 is 1.17 bits per heavy atom. The Morgan fingerprint density at radius 2 is 1.90 bits per heavy atom. The fraction of sp³-hybridized carbons (Fsp3) is 0.318. The van der Waals surface area contributed by atoms with E-state index in [1.54, 1.807) is 23.1 Å². The SMILES string of the molecule is COC(=O)c1ccc(NC(=O)N2C[C@@H](C#N)[C@H](c3ccccc3)C2)c(N(C)C)c1. The number of urea groups is 1. The second-order valence-electron chi connectivity index (χ2n) is 7.21. The summed E-state index contributed by atoms with van der Waals surface area (Å²) in [5.41, 5.74) is 2.75. The van der Waals surface area contributed by atoms with Gasteiger partial charge in [-0.1, -0.05) is 30.3 Å². The number of methoxy groups -OCH3 is 1. The minimum absolute atomic E-state index is 0.0121. The molecule has 0 radical (unpaired) electrons. The molecule has 0 aliphatic carbocycles. The van der Waals surface area contributed by atoms with Crippen LogP contribution in [0.5, 0.6) is 0 Å². The van der Waals surface area contributed by atoms with Gasteiger partial charge in [-0.05, 0) is 23.8 Å². The Bertz CT molecular complexity index is 937. The lowest BCUT2D eigenvalue weighted by molar-refractivity contribution is 0.0601. The van der Waals surface area contributed by atoms with E-state index >= 15 is 0 Å². The molecule has 1 N–H and O–H groups in total. The first kappa shape index (κ1) is 20.2. The van der Waals surface area contributed by atoms with Crippen LogP contribution in [0.1, 0.15) is 21.8 Å². The number of amides is 2. The third-order valence-corrected chi connectivity index (χ3v) is 5.14. The lowest BCUT2D eigenvalue weighted by Gasteiger charge is -2.22. The number of nitrogens with zero attached hydrogens (tertiary/aromatic N) is 3. The quantitative estimate of drug-likeness (QED) is 0.807. The summed E-state index contributed by atoms with van der Waals surface area (Å²) >= 11 is 0. The summed E-state index contributed by atoms with van der Waals surface area (Å²) in [6.45, 7) is 0.852. The molecule has 2 aromatic rings. The number of nitriles is 1. The molecular weight excluding hydrogens is 368 g/mol. The van der Waals surface area contributed by atoms with Gasteiger partial charge in [-0.2, -0.15) is 5.26 Å². The van der Waals surface area contributed by atoms with Crippen molar-refractivity contribution in [2.45, 2.75) is 5.92 Å². The van der Waals surface area contributed by atoms with E-state index in [0.717, 1.165) is 5.56 Å². The molecule has 1 heterocycles. The predicted octanol–water partition coefficient (Wildman–Crippen LogP) is 3.31. The number of anilines is 2. The second kappa shape index (κ2) is 8.65. The number of esters is 1. The third kappa shape index (κ3) is 4.32. The minimum Gasteiger partial charge on any atom is -0.465 e. The van der Waals surface area contributed by atoms with Crippen molar-refractivity contribution in [1.82, 2.24) is 4.90 Å². The van der Waals surface area contributed by atoms with Gasteiger partial charge in [-0.25, -0.2) is 9.59 Å². The van der Waals surface area contributed by atoms with Crippen molar-refractivity contribution < 1.29 is 14.3 Å². The molecule has 1 aliphatic heterocycles. The summed E-state index contributed by atoms with van der Waals surface area (Å²) < 4.78 is 4.77. The van der Waals surface area contributed by atoms with Crippen LogP contribution in [0.4, 0.5) is 16.2 Å². The molecular formula is C22H24N4O3. The Morgan fingerprint density at radius 3 is 2.52 bits per heavy atom. The van der Waals surface area contributed by atoms with E-state index in [1.807, 2.05) is 49.3 Å². The fourth-order valence-electron chi connectivity index (χ4n) is 3.58. The molecule has 1 saturated heterocycles. The Kier molecular flexibility index (Phi) is 6.03. The van der Waals surface area contributed by atoms with E-state index in [1.165, 1.54) is 7.11 Å². The van der Waals surface area contributed by atoms with Gasteiger partial charge >= 0.3 is 12.0 Å². The second-order valence-corrected chi connectivity index (χ2v) is 7.21. The molecule has 7 nitrogen and oxygen atoms in total. The van der Waals surface area contributed by atoms with Gasteiger partial charge < -0.3 is 19.9 Å². The summed E-state index contributed by atoms with van der Waals surface area (Å²) in [6, 6.07) is 16.9. The van der Waals surface area contributed by atoms with Crippen molar-refractivity contribution in [2.24, 2.45) is 5.92 Å². The maximum absolute atomic E-state index is 12.9. The Balaban J connectivity index is 1.78. The van der Waals surface area contributed by atoms with E-state index in [0.29, 0.717) is 30.0 Å². The summed E-state index contributed by atoms with van der Waals surface area (Å²) in [7, 11) is 4.99. The molecule has 0 unspecified atom stereocenters. The lowest BCUT2D eigenvalue weighted by Crippen LogP contribution is -2.33. The van der Waals surface area contributed by atoms with Gasteiger partial charge in [0.15, 0.2) is 0 Å². The molecule has 0 spiro atoms. The molecule has 1 aliphatic rings. The van der Waals surface area contributed by atoms with Crippen molar-refractivity contribution in [3.8, 4) is 6.07 Å². The van der Waals surface area contributed by atoms with E-state index < -0.39 is 5.97 Å². The van der Waals surface area contributed by atoms with Gasteiger partial charge in [0.25, 0.3) is 0 Å². The molecule has 2 aromatic carbocycles. The van der Waals surface area contributed by atoms with Crippen LogP contribution in [0.25, 0.3) is 0 Å². The largest absolute Gasteiger partial charge is 0.465 e. The molecule has 3 rings (SSSR count). The van der Waals surface area contributed by atoms with Gasteiger partial charge in [-0.3, -0.25) is 0 Å². The van der Waals surface area contributed by atoms with Gasteiger partial charge in [0.05, 0.1) is 36.0 Å². The number of benzene rings is 2. The van der Waals surface area contributed by atoms with Crippen LogP contribution in [0.3, 0.4) is 0 Å². The van der Waals surface area contributed by atoms with Crippen LogP contribution < -0.4 is 10.2 Å². The number of nitrogens with one attached hydrogen (secondary N) is 1. The highest BCUT2D eigenvalue weighted by molar-refractivity contribution is 5.97. The van der Waals surface area contributed by atoms with Gasteiger partial charge in [0, 0.05) is 33.1 Å². The molecule has 1 fully saturated rings. The summed E-state index contributed by atoms with van der Waals surface area (Å²) in [4.78, 5) is 28.2. The molecule has 29 heavy (non-hydrogen) atoms. The molecule has 0 aromatic heterocycles. The zero-order chi connectivity index (χ0) is 21.0. The normalized spacial score (nSPS) is 18.1. The molecule has 0 bridgehead atoms. The van der Waals surface area contributed by atoms with E-state index in [2.05, 4.69) is 11.4 Å². The first-order chi connectivity index (χ1) is 13.9. The molecule has 0 saturated carbocycles. The number of carbonyl (C=O) groups excluding carboxylic acids is 2. The van der Waals surface area contributed by atoms with Crippen LogP contribution in [0.15, 0.2) is 48.5 Å². The summed E-state index contributed by atoms with van der Waals surface area (Å²) in [5.74, 6) is -0.701. The average Bonchev–Trinajstić information content (AvgIpc) is 3.18. The van der Waals surface area contributed by atoms with Crippen molar-refractivity contribution in [2.75, 3.05) is 44.5 Å². The third-order valence-electron chi connectivity index (χ3n) is 5.14. The van der Waals surface area contributed by atoms with Crippen LogP contribution in [-0.2, 0) is 4.74 Å². The topological polar surface area (TPSA) is 85.7 Å². The van der Waals surface area contributed by atoms with Crippen molar-refractivity contribution >= 4 is 23.4 Å². The maximum Gasteiger partial charge on any atom is 0.337 e. The van der Waals surface area contributed by atoms with E-state index in [9.17, 15) is 14.9 Å². The number of carbonyl (C=O) groups is 2. The number of ether oxygens (including phenoxy) is 1. The number of hydrogen-bond donors (Lipinski definition) is 1. The number of hydrogen-bond acceptors (Lipinski definition) is 5. The zero-order valence-electron chi connectivity index (χ0n) is 16.8. The Hall–Kier alpha value is -3.53. The maximum atomic E-state index is 12.9. The van der Waals surface area contributed by atoms with Crippen LogP contribution in [0.2, 0.25) is 0 Å². The van der Waals surface area contributed by atoms with Gasteiger partial charge in [-0.15, -0.1) is 0 Å². The van der Waals surface area contributed by atoms with E-state index in [4.69, 9.17) is 4.74 Å². The fourth-order valence-corrected chi connectivity index (χ4v) is 3.58. The van der Waals surface area contributed by atoms with Crippen molar-refractivity contribution in [3.05, 3.63) is 59.7 Å². The highest BCUT2D eigenvalue weighted by Crippen LogP contribution is 2.33.